The number of halogens is 2. The van der Waals surface area contributed by atoms with Crippen molar-refractivity contribution in [2.45, 2.75) is 51.4 Å². The molecule has 3 aliphatic rings. The van der Waals surface area contributed by atoms with Gasteiger partial charge < -0.3 is 19.4 Å². The molecule has 2 saturated heterocycles. The Kier molecular flexibility index (Phi) is 5.62. The minimum Gasteiger partial charge on any atom is -0.435 e. The molecule has 4 rings (SSSR count). The molecule has 3 fully saturated rings. The summed E-state index contributed by atoms with van der Waals surface area (Å²) in [5.74, 6) is 0.131. The predicted molar refractivity (Wildman–Crippen MR) is 103 cm³/mol. The second kappa shape index (κ2) is 8.20. The van der Waals surface area contributed by atoms with Crippen LogP contribution in [-0.4, -0.2) is 70.9 Å². The van der Waals surface area contributed by atoms with E-state index in [2.05, 4.69) is 4.74 Å². The molecule has 2 atom stereocenters. The molecule has 0 N–H and O–H groups in total. The molecule has 2 aliphatic heterocycles. The maximum absolute atomic E-state index is 13.2. The lowest BCUT2D eigenvalue weighted by atomic mass is 10.0. The van der Waals surface area contributed by atoms with Crippen LogP contribution in [0.5, 0.6) is 5.75 Å². The summed E-state index contributed by atoms with van der Waals surface area (Å²) in [5.41, 5.74) is 0.319. The van der Waals surface area contributed by atoms with Crippen molar-refractivity contribution in [1.82, 2.24) is 14.7 Å². The summed E-state index contributed by atoms with van der Waals surface area (Å²) in [6, 6.07) is 4.89. The van der Waals surface area contributed by atoms with Crippen LogP contribution in [0.25, 0.3) is 0 Å². The van der Waals surface area contributed by atoms with Crippen LogP contribution < -0.4 is 4.74 Å². The molecule has 0 bridgehead atoms. The number of hydrogen-bond donors (Lipinski definition) is 0. The third-order valence-corrected chi connectivity index (χ3v) is 6.10. The van der Waals surface area contributed by atoms with E-state index in [1.165, 1.54) is 42.0 Å². The van der Waals surface area contributed by atoms with E-state index in [0.29, 0.717) is 24.6 Å². The van der Waals surface area contributed by atoms with E-state index in [1.54, 1.807) is 16.7 Å². The third-order valence-electron chi connectivity index (χ3n) is 6.10. The first-order chi connectivity index (χ1) is 14.3. The fourth-order valence-corrected chi connectivity index (χ4v) is 4.27. The van der Waals surface area contributed by atoms with Crippen molar-refractivity contribution in [3.8, 4) is 5.75 Å². The first-order valence-electron chi connectivity index (χ1n) is 10.3. The van der Waals surface area contributed by atoms with Gasteiger partial charge in [-0.3, -0.25) is 14.4 Å². The molecule has 2 unspecified atom stereocenters. The van der Waals surface area contributed by atoms with Gasteiger partial charge in [0, 0.05) is 25.1 Å². The molecule has 1 aromatic carbocycles. The summed E-state index contributed by atoms with van der Waals surface area (Å²) in [4.78, 5) is 43.4. The highest BCUT2D eigenvalue weighted by Gasteiger charge is 2.47. The fraction of sp³-hybridized carbons (Fsp3) is 0.571. The highest BCUT2D eigenvalue weighted by molar-refractivity contribution is 5.97. The summed E-state index contributed by atoms with van der Waals surface area (Å²) in [6.45, 7) is -0.0448. The van der Waals surface area contributed by atoms with E-state index in [0.717, 1.165) is 6.42 Å². The Morgan fingerprint density at radius 2 is 1.90 bits per heavy atom. The minimum atomic E-state index is -2.93. The number of ether oxygens (including phenoxy) is 1. The zero-order valence-electron chi connectivity index (χ0n) is 16.8. The van der Waals surface area contributed by atoms with Gasteiger partial charge in [0.1, 0.15) is 18.0 Å². The number of piperazine rings is 1. The van der Waals surface area contributed by atoms with Crippen LogP contribution in [0.15, 0.2) is 24.3 Å². The van der Waals surface area contributed by atoms with Crippen molar-refractivity contribution in [2.75, 3.05) is 19.6 Å². The van der Waals surface area contributed by atoms with Crippen molar-refractivity contribution < 1.29 is 27.9 Å². The molecule has 30 heavy (non-hydrogen) atoms. The summed E-state index contributed by atoms with van der Waals surface area (Å²) in [7, 11) is 0. The molecule has 0 spiro atoms. The Hall–Kier alpha value is -2.71. The molecule has 1 aromatic rings. The Labute approximate surface area is 173 Å². The summed E-state index contributed by atoms with van der Waals surface area (Å²) in [6.07, 6.45) is 2.96. The smallest absolute Gasteiger partial charge is 0.387 e. The zero-order valence-corrected chi connectivity index (χ0v) is 16.8. The number of rotatable bonds is 6. The van der Waals surface area contributed by atoms with E-state index in [9.17, 15) is 23.2 Å². The van der Waals surface area contributed by atoms with Gasteiger partial charge >= 0.3 is 6.61 Å². The van der Waals surface area contributed by atoms with E-state index in [1.807, 2.05) is 0 Å². The molecular weight excluding hydrogens is 396 g/mol. The number of carbonyl (C=O) groups excluding carboxylic acids is 3. The third kappa shape index (κ3) is 4.11. The van der Waals surface area contributed by atoms with Crippen LogP contribution in [-0.2, 0) is 9.59 Å². The Morgan fingerprint density at radius 3 is 2.53 bits per heavy atom. The Bertz CT molecular complexity index is 828. The maximum atomic E-state index is 13.2. The second-order valence-corrected chi connectivity index (χ2v) is 8.13. The lowest BCUT2D eigenvalue weighted by molar-refractivity contribution is -0.165. The van der Waals surface area contributed by atoms with Crippen molar-refractivity contribution in [3.63, 3.8) is 0 Å². The molecule has 2 heterocycles. The molecule has 162 valence electrons. The van der Waals surface area contributed by atoms with Crippen LogP contribution in [0.4, 0.5) is 8.78 Å². The quantitative estimate of drug-likeness (QED) is 0.707. The Morgan fingerprint density at radius 1 is 1.20 bits per heavy atom. The predicted octanol–water partition coefficient (Wildman–Crippen LogP) is 2.32. The van der Waals surface area contributed by atoms with Crippen LogP contribution in [0.3, 0.4) is 0 Å². The number of carbonyl (C=O) groups is 3. The molecule has 9 heteroatoms. The van der Waals surface area contributed by atoms with E-state index in [-0.39, 0.29) is 36.4 Å². The number of amides is 3. The lowest BCUT2D eigenvalue weighted by Crippen LogP contribution is -2.70. The molecule has 1 saturated carbocycles. The normalized spacial score (nSPS) is 24.3. The van der Waals surface area contributed by atoms with Gasteiger partial charge in [-0.05, 0) is 43.5 Å². The summed E-state index contributed by atoms with van der Waals surface area (Å²) < 4.78 is 29.0. The molecule has 0 radical (unpaired) electrons. The van der Waals surface area contributed by atoms with Gasteiger partial charge in [-0.25, -0.2) is 0 Å². The van der Waals surface area contributed by atoms with E-state index < -0.39 is 18.8 Å². The van der Waals surface area contributed by atoms with Crippen LogP contribution in [0, 0.1) is 5.92 Å². The minimum absolute atomic E-state index is 0.0277. The largest absolute Gasteiger partial charge is 0.435 e. The number of nitrogens with zero attached hydrogens (tertiary/aromatic N) is 3. The number of hydrogen-bond acceptors (Lipinski definition) is 4. The zero-order chi connectivity index (χ0) is 21.4. The molecule has 3 amide bonds. The topological polar surface area (TPSA) is 70.2 Å². The molecule has 0 aromatic heterocycles. The standard InChI is InChI=1S/C21H25F2N3O4/c1-13-19(28)24(10-8-14-2-3-14)12-17-25(11-9-18(27)26(13)17)20(29)15-4-6-16(7-5-15)30-21(22)23/h4-7,13-14,17,21H,2-3,8-12H2,1H3. The number of benzene rings is 1. The van der Waals surface area contributed by atoms with Gasteiger partial charge in [0.2, 0.25) is 11.8 Å². The maximum Gasteiger partial charge on any atom is 0.387 e. The van der Waals surface area contributed by atoms with Gasteiger partial charge in [0.15, 0.2) is 0 Å². The van der Waals surface area contributed by atoms with Crippen LogP contribution in [0.2, 0.25) is 0 Å². The van der Waals surface area contributed by atoms with Gasteiger partial charge in [-0.1, -0.05) is 12.8 Å². The van der Waals surface area contributed by atoms with Gasteiger partial charge in [0.05, 0.1) is 6.54 Å². The van der Waals surface area contributed by atoms with Crippen LogP contribution >= 0.6 is 0 Å². The fourth-order valence-electron chi connectivity index (χ4n) is 4.27. The lowest BCUT2D eigenvalue weighted by Gasteiger charge is -2.51. The highest BCUT2D eigenvalue weighted by Crippen LogP contribution is 2.33. The number of alkyl halides is 2. The molecule has 7 nitrogen and oxygen atoms in total. The first kappa shape index (κ1) is 20.6. The SMILES string of the molecule is CC1C(=O)N(CCC2CC2)CC2N(C(=O)c3ccc(OC(F)F)cc3)CCC(=O)N12. The van der Waals surface area contributed by atoms with Crippen molar-refractivity contribution in [2.24, 2.45) is 5.92 Å². The first-order valence-corrected chi connectivity index (χ1v) is 10.3. The Balaban J connectivity index is 1.52. The van der Waals surface area contributed by atoms with E-state index >= 15 is 0 Å². The van der Waals surface area contributed by atoms with Crippen molar-refractivity contribution >= 4 is 17.7 Å². The average molecular weight is 421 g/mol. The summed E-state index contributed by atoms with van der Waals surface area (Å²) >= 11 is 0. The van der Waals surface area contributed by atoms with Gasteiger partial charge in [-0.2, -0.15) is 8.78 Å². The van der Waals surface area contributed by atoms with Crippen LogP contribution in [0.1, 0.15) is 43.0 Å². The monoisotopic (exact) mass is 421 g/mol. The van der Waals surface area contributed by atoms with Gasteiger partial charge in [-0.15, -0.1) is 0 Å². The van der Waals surface area contributed by atoms with Gasteiger partial charge in [0.25, 0.3) is 5.91 Å². The summed E-state index contributed by atoms with van der Waals surface area (Å²) in [5, 5.41) is 0. The van der Waals surface area contributed by atoms with Crippen molar-refractivity contribution in [3.05, 3.63) is 29.8 Å². The molecule has 1 aliphatic carbocycles. The van der Waals surface area contributed by atoms with Crippen molar-refractivity contribution in [1.29, 1.82) is 0 Å². The molecular formula is C21H25F2N3O4. The highest BCUT2D eigenvalue weighted by atomic mass is 19.3. The number of fused-ring (bicyclic) bond motifs is 1. The second-order valence-electron chi connectivity index (χ2n) is 8.13. The van der Waals surface area contributed by atoms with E-state index in [4.69, 9.17) is 0 Å². The average Bonchev–Trinajstić information content (AvgIpc) is 3.54.